The lowest BCUT2D eigenvalue weighted by Gasteiger charge is -2.05. The molecule has 8 nitrogen and oxygen atoms in total. The van der Waals surface area contributed by atoms with Gasteiger partial charge in [0.15, 0.2) is 11.5 Å². The van der Waals surface area contributed by atoms with Crippen LogP contribution in [0, 0.1) is 0 Å². The quantitative estimate of drug-likeness (QED) is 0.716. The molecule has 1 aliphatic rings. The predicted molar refractivity (Wildman–Crippen MR) is 68.2 cm³/mol. The summed E-state index contributed by atoms with van der Waals surface area (Å²) in [6, 6.07) is 5.75. The first-order chi connectivity index (χ1) is 9.61. The minimum Gasteiger partial charge on any atom is -0.454 e. The molecule has 1 aromatic heterocycles. The van der Waals surface area contributed by atoms with Gasteiger partial charge in [-0.25, -0.2) is 4.79 Å². The first kappa shape index (κ1) is 12.0. The second-order valence-electron chi connectivity index (χ2n) is 4.02. The van der Waals surface area contributed by atoms with Crippen LogP contribution in [0.3, 0.4) is 0 Å². The van der Waals surface area contributed by atoms with Gasteiger partial charge in [0.05, 0.1) is 0 Å². The number of aromatic amines is 2. The molecule has 0 unspecified atom stereocenters. The number of aromatic nitrogens is 2. The minimum atomic E-state index is -0.696. The van der Waals surface area contributed by atoms with Crippen molar-refractivity contribution in [1.82, 2.24) is 9.97 Å². The van der Waals surface area contributed by atoms with E-state index in [2.05, 4.69) is 10.3 Å². The predicted octanol–water partition coefficient (Wildman–Crippen LogP) is 0.0442. The summed E-state index contributed by atoms with van der Waals surface area (Å²) in [5.41, 5.74) is -0.983. The number of ether oxygens (including phenoxy) is 2. The molecule has 0 atom stereocenters. The molecule has 1 aromatic carbocycles. The number of rotatable bonds is 2. The summed E-state index contributed by atoms with van der Waals surface area (Å²) in [6.07, 6.45) is 0. The number of hydrogen-bond acceptors (Lipinski definition) is 5. The standard InChI is InChI=1S/C12H9N3O5/c16-10-4-9(14-12(18)15-10)13-11(17)6-1-2-7-8(3-6)20-5-19-7/h1-4H,5H2,(H3,13,14,15,16,17,18). The minimum absolute atomic E-state index is 0.0152. The Morgan fingerprint density at radius 3 is 2.70 bits per heavy atom. The highest BCUT2D eigenvalue weighted by Gasteiger charge is 2.16. The van der Waals surface area contributed by atoms with Crippen LogP contribution < -0.4 is 26.0 Å². The van der Waals surface area contributed by atoms with Gasteiger partial charge in [0.2, 0.25) is 6.79 Å². The molecular weight excluding hydrogens is 266 g/mol. The van der Waals surface area contributed by atoms with E-state index in [1.165, 1.54) is 6.07 Å². The fourth-order valence-corrected chi connectivity index (χ4v) is 1.77. The number of amides is 1. The van der Waals surface area contributed by atoms with Gasteiger partial charge in [-0.15, -0.1) is 0 Å². The average Bonchev–Trinajstić information content (AvgIpc) is 2.84. The molecule has 20 heavy (non-hydrogen) atoms. The SMILES string of the molecule is O=C(Nc1cc(=O)[nH]c(=O)[nH]1)c1ccc2c(c1)OCO2. The summed E-state index contributed by atoms with van der Waals surface area (Å²) in [4.78, 5) is 38.5. The maximum absolute atomic E-state index is 12.0. The molecule has 0 bridgehead atoms. The van der Waals surface area contributed by atoms with Crippen molar-refractivity contribution < 1.29 is 14.3 Å². The highest BCUT2D eigenvalue weighted by atomic mass is 16.7. The number of hydrogen-bond donors (Lipinski definition) is 3. The Hall–Kier alpha value is -3.03. The van der Waals surface area contributed by atoms with Crippen molar-refractivity contribution in [2.75, 3.05) is 12.1 Å². The first-order valence-electron chi connectivity index (χ1n) is 5.66. The van der Waals surface area contributed by atoms with Gasteiger partial charge < -0.3 is 14.8 Å². The Morgan fingerprint density at radius 2 is 1.90 bits per heavy atom. The summed E-state index contributed by atoms with van der Waals surface area (Å²) in [5, 5.41) is 2.42. The van der Waals surface area contributed by atoms with Gasteiger partial charge in [-0.1, -0.05) is 0 Å². The molecule has 3 rings (SSSR count). The Balaban J connectivity index is 1.86. The summed E-state index contributed by atoms with van der Waals surface area (Å²) in [6.45, 7) is 0.113. The van der Waals surface area contributed by atoms with Crippen LogP contribution in [0.2, 0.25) is 0 Å². The Kier molecular flexibility index (Phi) is 2.75. The van der Waals surface area contributed by atoms with Gasteiger partial charge in [0.25, 0.3) is 11.5 Å². The highest BCUT2D eigenvalue weighted by molar-refractivity contribution is 6.04. The molecule has 8 heteroatoms. The van der Waals surface area contributed by atoms with Crippen LogP contribution >= 0.6 is 0 Å². The van der Waals surface area contributed by atoms with E-state index >= 15 is 0 Å². The third-order valence-corrected chi connectivity index (χ3v) is 2.64. The van der Waals surface area contributed by atoms with Gasteiger partial charge in [0.1, 0.15) is 5.82 Å². The van der Waals surface area contributed by atoms with Crippen molar-refractivity contribution in [2.24, 2.45) is 0 Å². The maximum Gasteiger partial charge on any atom is 0.327 e. The fourth-order valence-electron chi connectivity index (χ4n) is 1.77. The lowest BCUT2D eigenvalue weighted by Crippen LogP contribution is -2.24. The molecule has 0 spiro atoms. The second-order valence-corrected chi connectivity index (χ2v) is 4.02. The Labute approximate surface area is 111 Å². The molecular formula is C12H9N3O5. The van der Waals surface area contributed by atoms with Crippen LogP contribution in [0.25, 0.3) is 0 Å². The van der Waals surface area contributed by atoms with Gasteiger partial charge in [-0.2, -0.15) is 0 Å². The monoisotopic (exact) mass is 275 g/mol. The summed E-state index contributed by atoms with van der Waals surface area (Å²) < 4.78 is 10.3. The van der Waals surface area contributed by atoms with E-state index in [9.17, 15) is 14.4 Å². The van der Waals surface area contributed by atoms with E-state index in [1.54, 1.807) is 12.1 Å². The largest absolute Gasteiger partial charge is 0.454 e. The molecule has 0 saturated carbocycles. The van der Waals surface area contributed by atoms with Crippen LogP contribution in [0.1, 0.15) is 10.4 Å². The lowest BCUT2D eigenvalue weighted by molar-refractivity contribution is 0.102. The fraction of sp³-hybridized carbons (Fsp3) is 0.0833. The van der Waals surface area contributed by atoms with Crippen molar-refractivity contribution in [3.05, 3.63) is 50.7 Å². The van der Waals surface area contributed by atoms with Gasteiger partial charge in [-0.3, -0.25) is 19.6 Å². The van der Waals surface area contributed by atoms with Crippen LogP contribution in [0.15, 0.2) is 33.9 Å². The average molecular weight is 275 g/mol. The molecule has 102 valence electrons. The summed E-state index contributed by atoms with van der Waals surface area (Å²) >= 11 is 0. The van der Waals surface area contributed by atoms with E-state index in [0.29, 0.717) is 17.1 Å². The van der Waals surface area contributed by atoms with Crippen molar-refractivity contribution in [3.63, 3.8) is 0 Å². The number of anilines is 1. The third-order valence-electron chi connectivity index (χ3n) is 2.64. The van der Waals surface area contributed by atoms with Gasteiger partial charge >= 0.3 is 5.69 Å². The van der Waals surface area contributed by atoms with Crippen molar-refractivity contribution in [3.8, 4) is 11.5 Å². The molecule has 0 fully saturated rings. The Bertz CT molecular complexity index is 764. The smallest absolute Gasteiger partial charge is 0.327 e. The van der Waals surface area contributed by atoms with E-state index in [4.69, 9.17) is 9.47 Å². The van der Waals surface area contributed by atoms with Gasteiger partial charge in [-0.05, 0) is 18.2 Å². The highest BCUT2D eigenvalue weighted by Crippen LogP contribution is 2.32. The topological polar surface area (TPSA) is 113 Å². The van der Waals surface area contributed by atoms with Crippen LogP contribution in [0.4, 0.5) is 5.82 Å². The zero-order valence-electron chi connectivity index (χ0n) is 10.1. The van der Waals surface area contributed by atoms with Crippen molar-refractivity contribution in [1.29, 1.82) is 0 Å². The third kappa shape index (κ3) is 2.26. The number of H-pyrrole nitrogens is 2. The van der Waals surface area contributed by atoms with Gasteiger partial charge in [0, 0.05) is 11.6 Å². The van der Waals surface area contributed by atoms with Crippen molar-refractivity contribution in [2.45, 2.75) is 0 Å². The molecule has 1 aliphatic heterocycles. The zero-order chi connectivity index (χ0) is 14.1. The second kappa shape index (κ2) is 4.57. The van der Waals surface area contributed by atoms with E-state index in [1.807, 2.05) is 4.98 Å². The van der Waals surface area contributed by atoms with E-state index < -0.39 is 17.2 Å². The molecule has 0 radical (unpaired) electrons. The summed E-state index contributed by atoms with van der Waals surface area (Å²) in [5.74, 6) is 0.564. The Morgan fingerprint density at radius 1 is 1.10 bits per heavy atom. The molecule has 1 amide bonds. The normalized spacial score (nSPS) is 12.2. The molecule has 3 N–H and O–H groups in total. The molecule has 2 aromatic rings. The number of carbonyl (C=O) groups is 1. The molecule has 0 aliphatic carbocycles. The molecule has 0 saturated heterocycles. The number of nitrogens with one attached hydrogen (secondary N) is 3. The van der Waals surface area contributed by atoms with Crippen LogP contribution in [-0.4, -0.2) is 22.7 Å². The number of benzene rings is 1. The summed E-state index contributed by atoms with van der Waals surface area (Å²) in [7, 11) is 0. The van der Waals surface area contributed by atoms with Crippen molar-refractivity contribution >= 4 is 11.7 Å². The van der Waals surface area contributed by atoms with Crippen LogP contribution in [-0.2, 0) is 0 Å². The lowest BCUT2D eigenvalue weighted by atomic mass is 10.2. The first-order valence-corrected chi connectivity index (χ1v) is 5.66. The maximum atomic E-state index is 12.0. The zero-order valence-corrected chi connectivity index (χ0v) is 10.1. The number of carbonyl (C=O) groups excluding carboxylic acids is 1. The molecule has 2 heterocycles. The number of fused-ring (bicyclic) bond motifs is 1. The van der Waals surface area contributed by atoms with E-state index in [0.717, 1.165) is 6.07 Å². The van der Waals surface area contributed by atoms with E-state index in [-0.39, 0.29) is 12.6 Å². The van der Waals surface area contributed by atoms with Crippen LogP contribution in [0.5, 0.6) is 11.5 Å².